The second kappa shape index (κ2) is 6.07. The molecule has 1 aromatic carbocycles. The molecule has 25 heavy (non-hydrogen) atoms. The average molecular weight is 392 g/mol. The maximum absolute atomic E-state index is 13.5. The Morgan fingerprint density at radius 1 is 1.16 bits per heavy atom. The molecule has 12 heteroatoms. The number of rotatable bonds is 5. The number of fused-ring (bicyclic) bond motifs is 1. The van der Waals surface area contributed by atoms with E-state index < -0.39 is 35.2 Å². The number of carbonyl (C=O) groups is 1. The van der Waals surface area contributed by atoms with E-state index in [9.17, 15) is 39.9 Å². The van der Waals surface area contributed by atoms with Gasteiger partial charge in [-0.3, -0.25) is 10.1 Å². The summed E-state index contributed by atoms with van der Waals surface area (Å²) in [6, 6.07) is 4.63. The molecule has 0 radical (unpaired) electrons. The number of alkyl halides is 8. The number of halogens is 8. The minimum Gasteiger partial charge on any atom is -0.296 e. The molecule has 0 spiro atoms. The number of aromatic nitrogens is 1. The first-order valence-electron chi connectivity index (χ1n) is 6.41. The zero-order chi connectivity index (χ0) is 19.2. The summed E-state index contributed by atoms with van der Waals surface area (Å²) in [6.45, 7) is 1.68. The Morgan fingerprint density at radius 2 is 1.76 bits per heavy atom. The van der Waals surface area contributed by atoms with Crippen LogP contribution in [0.4, 0.5) is 40.3 Å². The Hall–Kier alpha value is -1.98. The molecule has 1 N–H and O–H groups in total. The van der Waals surface area contributed by atoms with Crippen LogP contribution in [-0.4, -0.2) is 35.1 Å². The van der Waals surface area contributed by atoms with Crippen LogP contribution in [0.1, 0.15) is 5.56 Å². The van der Waals surface area contributed by atoms with Crippen molar-refractivity contribution in [3.63, 3.8) is 0 Å². The summed E-state index contributed by atoms with van der Waals surface area (Å²) in [7, 11) is 0. The van der Waals surface area contributed by atoms with Gasteiger partial charge in [-0.2, -0.15) is 26.3 Å². The van der Waals surface area contributed by atoms with E-state index in [1.165, 1.54) is 17.4 Å². The van der Waals surface area contributed by atoms with E-state index in [0.29, 0.717) is 16.0 Å². The van der Waals surface area contributed by atoms with Crippen LogP contribution in [0.3, 0.4) is 0 Å². The number of benzene rings is 1. The van der Waals surface area contributed by atoms with Gasteiger partial charge in [0.05, 0.1) is 10.2 Å². The topological polar surface area (TPSA) is 42.0 Å². The lowest BCUT2D eigenvalue weighted by Crippen LogP contribution is -2.61. The Kier molecular flexibility index (Phi) is 4.70. The standard InChI is InChI=1S/C13H8F8N2OS/c1-5-2-3-7-6(4-5)22-10(25-7)23-9(24)12(18,19)13(20,21)11(16,17)8(14)15/h2-4,8H,1H3,(H,22,23,24). The molecule has 0 saturated carbocycles. The van der Waals surface area contributed by atoms with Crippen LogP contribution < -0.4 is 5.32 Å². The fourth-order valence-corrected chi connectivity index (χ4v) is 2.60. The normalized spacial score (nSPS) is 13.5. The highest BCUT2D eigenvalue weighted by molar-refractivity contribution is 7.22. The van der Waals surface area contributed by atoms with Crippen LogP contribution in [-0.2, 0) is 4.79 Å². The maximum atomic E-state index is 13.5. The number of anilines is 1. The smallest absolute Gasteiger partial charge is 0.296 e. The number of amides is 1. The van der Waals surface area contributed by atoms with Gasteiger partial charge in [-0.1, -0.05) is 17.4 Å². The number of hydrogen-bond donors (Lipinski definition) is 1. The van der Waals surface area contributed by atoms with Gasteiger partial charge in [0.15, 0.2) is 5.13 Å². The lowest BCUT2D eigenvalue weighted by Gasteiger charge is -2.30. The van der Waals surface area contributed by atoms with Gasteiger partial charge in [0, 0.05) is 0 Å². The molecule has 2 rings (SSSR count). The highest BCUT2D eigenvalue weighted by Gasteiger charge is 2.78. The van der Waals surface area contributed by atoms with Crippen molar-refractivity contribution in [3.8, 4) is 0 Å². The third kappa shape index (κ3) is 3.14. The monoisotopic (exact) mass is 392 g/mol. The molecule has 0 fully saturated rings. The molecular formula is C13H8F8N2OS. The molecule has 0 unspecified atom stereocenters. The Labute approximate surface area is 138 Å². The van der Waals surface area contributed by atoms with Crippen molar-refractivity contribution >= 4 is 32.6 Å². The fourth-order valence-electron chi connectivity index (χ4n) is 1.76. The summed E-state index contributed by atoms with van der Waals surface area (Å²) >= 11 is 0.618. The second-order valence-electron chi connectivity index (χ2n) is 5.02. The van der Waals surface area contributed by atoms with Crippen molar-refractivity contribution in [3.05, 3.63) is 23.8 Å². The summed E-state index contributed by atoms with van der Waals surface area (Å²) in [6.07, 6.45) is -5.09. The lowest BCUT2D eigenvalue weighted by molar-refractivity contribution is -0.326. The Morgan fingerprint density at radius 3 is 2.32 bits per heavy atom. The number of carbonyl (C=O) groups excluding carboxylic acids is 1. The van der Waals surface area contributed by atoms with Gasteiger partial charge in [0.25, 0.3) is 0 Å². The van der Waals surface area contributed by atoms with Gasteiger partial charge in [-0.05, 0) is 24.6 Å². The molecule has 2 aromatic rings. The third-order valence-electron chi connectivity index (χ3n) is 3.14. The van der Waals surface area contributed by atoms with Gasteiger partial charge in [-0.15, -0.1) is 0 Å². The van der Waals surface area contributed by atoms with Crippen LogP contribution in [0.15, 0.2) is 18.2 Å². The first kappa shape index (κ1) is 19.3. The van der Waals surface area contributed by atoms with E-state index in [2.05, 4.69) is 4.98 Å². The van der Waals surface area contributed by atoms with Crippen molar-refractivity contribution in [1.29, 1.82) is 0 Å². The largest absolute Gasteiger partial charge is 0.393 e. The number of thiazole rings is 1. The minimum atomic E-state index is -6.61. The third-order valence-corrected chi connectivity index (χ3v) is 4.09. The molecule has 138 valence electrons. The molecule has 1 heterocycles. The van der Waals surface area contributed by atoms with Gasteiger partial charge in [0.1, 0.15) is 0 Å². The second-order valence-corrected chi connectivity index (χ2v) is 6.05. The van der Waals surface area contributed by atoms with E-state index in [4.69, 9.17) is 0 Å². The predicted octanol–water partition coefficient (Wildman–Crippen LogP) is 4.71. The number of hydrogen-bond acceptors (Lipinski definition) is 3. The van der Waals surface area contributed by atoms with Crippen molar-refractivity contribution in [2.45, 2.75) is 31.1 Å². The molecule has 1 amide bonds. The van der Waals surface area contributed by atoms with Crippen molar-refractivity contribution in [2.24, 2.45) is 0 Å². The van der Waals surface area contributed by atoms with Crippen molar-refractivity contribution < 1.29 is 39.9 Å². The van der Waals surface area contributed by atoms with Crippen LogP contribution >= 0.6 is 11.3 Å². The SMILES string of the molecule is Cc1ccc2sc(NC(=O)C(F)(F)C(F)(F)C(F)(F)C(F)F)nc2c1. The maximum Gasteiger partial charge on any atom is 0.393 e. The van der Waals surface area contributed by atoms with Crippen LogP contribution in [0.2, 0.25) is 0 Å². The summed E-state index contributed by atoms with van der Waals surface area (Å²) in [5.41, 5.74) is 0.970. The van der Waals surface area contributed by atoms with Crippen LogP contribution in [0, 0.1) is 6.92 Å². The predicted molar refractivity (Wildman–Crippen MR) is 73.8 cm³/mol. The highest BCUT2D eigenvalue weighted by atomic mass is 32.1. The molecule has 0 bridgehead atoms. The molecule has 0 aliphatic carbocycles. The molecule has 0 aliphatic heterocycles. The Bertz CT molecular complexity index is 804. The van der Waals surface area contributed by atoms with E-state index in [-0.39, 0.29) is 5.52 Å². The van der Waals surface area contributed by atoms with Gasteiger partial charge < -0.3 is 0 Å². The number of nitrogens with zero attached hydrogens (tertiary/aromatic N) is 1. The van der Waals surface area contributed by atoms with Gasteiger partial charge in [0.2, 0.25) is 0 Å². The summed E-state index contributed by atoms with van der Waals surface area (Å²) < 4.78 is 103. The number of nitrogens with one attached hydrogen (secondary N) is 1. The fraction of sp³-hybridized carbons (Fsp3) is 0.385. The van der Waals surface area contributed by atoms with E-state index in [0.717, 1.165) is 5.56 Å². The molecule has 3 nitrogen and oxygen atoms in total. The molecule has 0 atom stereocenters. The van der Waals surface area contributed by atoms with Gasteiger partial charge >= 0.3 is 30.1 Å². The first-order valence-corrected chi connectivity index (χ1v) is 7.22. The van der Waals surface area contributed by atoms with Crippen LogP contribution in [0.5, 0.6) is 0 Å². The first-order chi connectivity index (χ1) is 11.3. The highest BCUT2D eigenvalue weighted by Crippen LogP contribution is 2.49. The number of aryl methyl sites for hydroxylation is 1. The van der Waals surface area contributed by atoms with E-state index in [1.54, 1.807) is 13.0 Å². The van der Waals surface area contributed by atoms with Crippen LogP contribution in [0.25, 0.3) is 10.2 Å². The zero-order valence-corrected chi connectivity index (χ0v) is 12.9. The van der Waals surface area contributed by atoms with Crippen molar-refractivity contribution in [2.75, 3.05) is 5.32 Å². The van der Waals surface area contributed by atoms with E-state index in [1.807, 2.05) is 0 Å². The molecular weight excluding hydrogens is 384 g/mol. The zero-order valence-electron chi connectivity index (χ0n) is 12.1. The molecule has 1 aromatic heterocycles. The molecule has 0 saturated heterocycles. The average Bonchev–Trinajstić information content (AvgIpc) is 2.87. The molecule has 0 aliphatic rings. The quantitative estimate of drug-likeness (QED) is 0.749. The van der Waals surface area contributed by atoms with E-state index >= 15 is 0 Å². The minimum absolute atomic E-state index is 0.244. The van der Waals surface area contributed by atoms with Gasteiger partial charge in [-0.25, -0.2) is 13.8 Å². The lowest BCUT2D eigenvalue weighted by atomic mass is 10.0. The Balaban J connectivity index is 2.31. The summed E-state index contributed by atoms with van der Waals surface area (Å²) in [5, 5.41) is 0.700. The van der Waals surface area contributed by atoms with Crippen molar-refractivity contribution in [1.82, 2.24) is 4.98 Å². The summed E-state index contributed by atoms with van der Waals surface area (Å²) in [4.78, 5) is 15.0. The summed E-state index contributed by atoms with van der Waals surface area (Å²) in [5.74, 6) is -22.0.